The fourth-order valence-corrected chi connectivity index (χ4v) is 3.52. The van der Waals surface area contributed by atoms with Crippen molar-refractivity contribution in [2.45, 2.75) is 52.1 Å². The van der Waals surface area contributed by atoms with Crippen LogP contribution in [0.15, 0.2) is 42.9 Å². The standard InChI is InChI=1S/C24H28N4O2/c1-5-16-6-8-21(26-11-16)19-10-18(19)14-30-23-20(13-25-15(2)28-23)17-7-9-22(27-12-17)24(3,4)29/h6-9,11-13,18-19,29H,5,10,14H2,1-4H3. The molecule has 1 N–H and O–H groups in total. The summed E-state index contributed by atoms with van der Waals surface area (Å²) in [5, 5.41) is 10.1. The van der Waals surface area contributed by atoms with Gasteiger partial charge in [-0.3, -0.25) is 9.97 Å². The van der Waals surface area contributed by atoms with Crippen molar-refractivity contribution >= 4 is 0 Å². The second-order valence-corrected chi connectivity index (χ2v) is 8.49. The van der Waals surface area contributed by atoms with Gasteiger partial charge in [0.25, 0.3) is 0 Å². The molecule has 3 heterocycles. The number of aryl methyl sites for hydroxylation is 2. The van der Waals surface area contributed by atoms with Gasteiger partial charge in [0.15, 0.2) is 0 Å². The van der Waals surface area contributed by atoms with Gasteiger partial charge in [-0.2, -0.15) is 4.98 Å². The van der Waals surface area contributed by atoms with E-state index in [9.17, 15) is 5.11 Å². The highest BCUT2D eigenvalue weighted by molar-refractivity contribution is 5.67. The number of nitrogens with zero attached hydrogens (tertiary/aromatic N) is 4. The second-order valence-electron chi connectivity index (χ2n) is 8.49. The molecule has 6 nitrogen and oxygen atoms in total. The Hall–Kier alpha value is -2.86. The van der Waals surface area contributed by atoms with E-state index in [-0.39, 0.29) is 0 Å². The van der Waals surface area contributed by atoms with Crippen LogP contribution in [0.3, 0.4) is 0 Å². The van der Waals surface area contributed by atoms with Gasteiger partial charge in [-0.05, 0) is 51.3 Å². The number of pyridine rings is 2. The van der Waals surface area contributed by atoms with Crippen LogP contribution in [0.1, 0.15) is 55.9 Å². The molecule has 1 aliphatic carbocycles. The summed E-state index contributed by atoms with van der Waals surface area (Å²) in [4.78, 5) is 17.9. The average Bonchev–Trinajstić information content (AvgIpc) is 3.51. The molecule has 30 heavy (non-hydrogen) atoms. The van der Waals surface area contributed by atoms with Crippen molar-refractivity contribution in [3.05, 3.63) is 65.6 Å². The predicted octanol–water partition coefficient (Wildman–Crippen LogP) is 4.21. The van der Waals surface area contributed by atoms with Crippen LogP contribution in [0.4, 0.5) is 0 Å². The normalized spacial score (nSPS) is 18.3. The van der Waals surface area contributed by atoms with E-state index in [1.54, 1.807) is 26.2 Å². The molecule has 0 aromatic carbocycles. The highest BCUT2D eigenvalue weighted by Crippen LogP contribution is 2.47. The molecular formula is C24H28N4O2. The van der Waals surface area contributed by atoms with E-state index in [4.69, 9.17) is 4.74 Å². The summed E-state index contributed by atoms with van der Waals surface area (Å²) in [6, 6.07) is 8.04. The molecule has 0 amide bonds. The molecular weight excluding hydrogens is 376 g/mol. The lowest BCUT2D eigenvalue weighted by molar-refractivity contribution is 0.0739. The zero-order valence-electron chi connectivity index (χ0n) is 18.0. The molecule has 1 saturated carbocycles. The quantitative estimate of drug-likeness (QED) is 0.635. The first kappa shape index (κ1) is 20.4. The molecule has 0 spiro atoms. The van der Waals surface area contributed by atoms with Crippen LogP contribution < -0.4 is 4.74 Å². The van der Waals surface area contributed by atoms with Crippen molar-refractivity contribution in [3.63, 3.8) is 0 Å². The Labute approximate surface area is 177 Å². The third-order valence-electron chi connectivity index (χ3n) is 5.57. The summed E-state index contributed by atoms with van der Waals surface area (Å²) in [5.41, 5.74) is 3.71. The molecule has 0 saturated heterocycles. The number of aromatic nitrogens is 4. The molecule has 1 fully saturated rings. The van der Waals surface area contributed by atoms with E-state index in [2.05, 4.69) is 39.0 Å². The largest absolute Gasteiger partial charge is 0.477 e. The third kappa shape index (κ3) is 4.49. The van der Waals surface area contributed by atoms with Crippen molar-refractivity contribution in [2.75, 3.05) is 6.61 Å². The van der Waals surface area contributed by atoms with Crippen LogP contribution in [0, 0.1) is 12.8 Å². The van der Waals surface area contributed by atoms with Gasteiger partial charge in [-0.1, -0.05) is 19.1 Å². The maximum Gasteiger partial charge on any atom is 0.224 e. The number of aliphatic hydroxyl groups is 1. The molecule has 3 aromatic rings. The summed E-state index contributed by atoms with van der Waals surface area (Å²) in [5.74, 6) is 2.14. The van der Waals surface area contributed by atoms with Crippen molar-refractivity contribution in [1.29, 1.82) is 0 Å². The first-order valence-corrected chi connectivity index (χ1v) is 10.5. The Balaban J connectivity index is 1.46. The minimum atomic E-state index is -0.980. The van der Waals surface area contributed by atoms with Gasteiger partial charge < -0.3 is 9.84 Å². The maximum atomic E-state index is 10.1. The van der Waals surface area contributed by atoms with Crippen LogP contribution in [-0.4, -0.2) is 31.6 Å². The number of hydrogen-bond donors (Lipinski definition) is 1. The summed E-state index contributed by atoms with van der Waals surface area (Å²) in [6.45, 7) is 8.02. The van der Waals surface area contributed by atoms with Crippen LogP contribution in [0.5, 0.6) is 5.88 Å². The Bertz CT molecular complexity index is 1010. The van der Waals surface area contributed by atoms with Gasteiger partial charge in [-0.25, -0.2) is 4.98 Å². The summed E-state index contributed by atoms with van der Waals surface area (Å²) in [6.07, 6.45) is 7.56. The summed E-state index contributed by atoms with van der Waals surface area (Å²) >= 11 is 0. The lowest BCUT2D eigenvalue weighted by Gasteiger charge is -2.17. The lowest BCUT2D eigenvalue weighted by atomic mass is 10.0. The molecule has 156 valence electrons. The Morgan fingerprint density at radius 2 is 1.90 bits per heavy atom. The van der Waals surface area contributed by atoms with E-state index >= 15 is 0 Å². The minimum absolute atomic E-state index is 0.448. The van der Waals surface area contributed by atoms with Crippen molar-refractivity contribution in [2.24, 2.45) is 5.92 Å². The maximum absolute atomic E-state index is 10.1. The smallest absolute Gasteiger partial charge is 0.224 e. The Morgan fingerprint density at radius 1 is 1.07 bits per heavy atom. The van der Waals surface area contributed by atoms with E-state index in [1.807, 2.05) is 25.3 Å². The van der Waals surface area contributed by atoms with Gasteiger partial charge >= 0.3 is 0 Å². The van der Waals surface area contributed by atoms with E-state index < -0.39 is 5.60 Å². The molecule has 1 aliphatic rings. The molecule has 0 bridgehead atoms. The van der Waals surface area contributed by atoms with Gasteiger partial charge in [0.2, 0.25) is 5.88 Å². The van der Waals surface area contributed by atoms with Crippen LogP contribution >= 0.6 is 0 Å². The van der Waals surface area contributed by atoms with Crippen molar-refractivity contribution in [3.8, 4) is 17.0 Å². The highest BCUT2D eigenvalue weighted by atomic mass is 16.5. The zero-order valence-corrected chi connectivity index (χ0v) is 18.0. The molecule has 0 radical (unpaired) electrons. The monoisotopic (exact) mass is 404 g/mol. The highest BCUT2D eigenvalue weighted by Gasteiger charge is 2.40. The fraction of sp³-hybridized carbons (Fsp3) is 0.417. The van der Waals surface area contributed by atoms with Crippen molar-refractivity contribution < 1.29 is 9.84 Å². The molecule has 2 unspecified atom stereocenters. The zero-order chi connectivity index (χ0) is 21.3. The van der Waals surface area contributed by atoms with Gasteiger partial charge in [0.1, 0.15) is 11.4 Å². The van der Waals surface area contributed by atoms with E-state index in [0.29, 0.717) is 35.8 Å². The van der Waals surface area contributed by atoms with E-state index in [1.165, 1.54) is 5.56 Å². The molecule has 3 aromatic heterocycles. The van der Waals surface area contributed by atoms with Gasteiger partial charge in [-0.15, -0.1) is 0 Å². The number of rotatable bonds is 7. The van der Waals surface area contributed by atoms with Crippen LogP contribution in [-0.2, 0) is 12.0 Å². The first-order chi connectivity index (χ1) is 14.3. The summed E-state index contributed by atoms with van der Waals surface area (Å²) < 4.78 is 6.13. The van der Waals surface area contributed by atoms with Gasteiger partial charge in [0.05, 0.1) is 17.9 Å². The SMILES string of the molecule is CCc1ccc(C2CC2COc2nc(C)ncc2-c2ccc(C(C)(C)O)nc2)nc1. The summed E-state index contributed by atoms with van der Waals surface area (Å²) in [7, 11) is 0. The lowest BCUT2D eigenvalue weighted by Crippen LogP contribution is -2.17. The second kappa shape index (κ2) is 8.11. The van der Waals surface area contributed by atoms with Gasteiger partial charge in [0, 0.05) is 41.7 Å². The molecule has 0 aliphatic heterocycles. The fourth-order valence-electron chi connectivity index (χ4n) is 3.52. The topological polar surface area (TPSA) is 81.0 Å². The number of ether oxygens (including phenoxy) is 1. The average molecular weight is 405 g/mol. The predicted molar refractivity (Wildman–Crippen MR) is 115 cm³/mol. The van der Waals surface area contributed by atoms with Crippen molar-refractivity contribution in [1.82, 2.24) is 19.9 Å². The third-order valence-corrected chi connectivity index (χ3v) is 5.57. The Kier molecular flexibility index (Phi) is 5.52. The van der Waals surface area contributed by atoms with Crippen LogP contribution in [0.2, 0.25) is 0 Å². The molecule has 2 atom stereocenters. The number of hydrogen-bond acceptors (Lipinski definition) is 6. The molecule has 4 rings (SSSR count). The Morgan fingerprint density at radius 3 is 2.53 bits per heavy atom. The van der Waals surface area contributed by atoms with E-state index in [0.717, 1.165) is 29.7 Å². The first-order valence-electron chi connectivity index (χ1n) is 10.5. The molecule has 6 heteroatoms. The minimum Gasteiger partial charge on any atom is -0.477 e. The van der Waals surface area contributed by atoms with Crippen LogP contribution in [0.25, 0.3) is 11.1 Å².